The van der Waals surface area contributed by atoms with Crippen molar-refractivity contribution in [3.05, 3.63) is 83.4 Å². The molecule has 0 heteroatoms. The summed E-state index contributed by atoms with van der Waals surface area (Å²) < 4.78 is 0. The maximum atomic E-state index is 2.29. The van der Waals surface area contributed by atoms with Gasteiger partial charge in [-0.1, -0.05) is 80.1 Å². The molecule has 0 aliphatic rings. The molecule has 0 aliphatic carbocycles. The van der Waals surface area contributed by atoms with Gasteiger partial charge in [0, 0.05) is 0 Å². The lowest BCUT2D eigenvalue weighted by atomic mass is 10.0. The fraction of sp³-hybridized carbons (Fsp3) is 0.238. The third-order valence-corrected chi connectivity index (χ3v) is 3.77. The second-order valence-electron chi connectivity index (χ2n) is 5.52. The van der Waals surface area contributed by atoms with Crippen molar-refractivity contribution < 1.29 is 0 Å². The molecule has 0 saturated heterocycles. The number of fused-ring (bicyclic) bond motifs is 1. The van der Waals surface area contributed by atoms with E-state index in [2.05, 4.69) is 87.5 Å². The summed E-state index contributed by atoms with van der Waals surface area (Å²) >= 11 is 0. The maximum absolute atomic E-state index is 2.29. The first-order valence-electron chi connectivity index (χ1n) is 7.70. The first-order valence-corrected chi connectivity index (χ1v) is 7.70. The van der Waals surface area contributed by atoms with E-state index in [1.54, 1.807) is 0 Å². The predicted molar refractivity (Wildman–Crippen MR) is 93.9 cm³/mol. The first kappa shape index (κ1) is 15.3. The molecule has 3 rings (SSSR count). The fourth-order valence-electron chi connectivity index (χ4n) is 2.38. The van der Waals surface area contributed by atoms with Crippen molar-refractivity contribution in [2.75, 3.05) is 0 Å². The number of hydrogen-bond donors (Lipinski definition) is 0. The highest BCUT2D eigenvalue weighted by Gasteiger charge is 1.94. The van der Waals surface area contributed by atoms with Gasteiger partial charge in [0.25, 0.3) is 0 Å². The van der Waals surface area contributed by atoms with E-state index in [4.69, 9.17) is 0 Å². The Balaban J connectivity index is 0.000000154. The van der Waals surface area contributed by atoms with Crippen LogP contribution >= 0.6 is 0 Å². The number of benzene rings is 3. The second-order valence-corrected chi connectivity index (χ2v) is 5.52. The molecule has 0 aromatic heterocycles. The highest BCUT2D eigenvalue weighted by Crippen LogP contribution is 2.11. The van der Waals surface area contributed by atoms with E-state index >= 15 is 0 Å². The van der Waals surface area contributed by atoms with Crippen LogP contribution in [0.1, 0.15) is 30.0 Å². The van der Waals surface area contributed by atoms with Crippen molar-refractivity contribution in [1.82, 2.24) is 0 Å². The predicted octanol–water partition coefficient (Wildman–Crippen LogP) is 6.10. The number of aryl methyl sites for hydroxylation is 3. The molecule has 0 bridgehead atoms. The molecule has 0 saturated carbocycles. The Hall–Kier alpha value is -2.08. The molecule has 0 atom stereocenters. The van der Waals surface area contributed by atoms with Crippen LogP contribution < -0.4 is 0 Å². The molecule has 0 spiro atoms. The highest BCUT2D eigenvalue weighted by molar-refractivity contribution is 5.81. The minimum absolute atomic E-state index is 1.21. The van der Waals surface area contributed by atoms with Crippen LogP contribution in [0.4, 0.5) is 0 Å². The zero-order valence-electron chi connectivity index (χ0n) is 13.3. The largest absolute Gasteiger partial charge is 0.0651 e. The third kappa shape index (κ3) is 4.46. The van der Waals surface area contributed by atoms with Gasteiger partial charge in [-0.15, -0.1) is 0 Å². The summed E-state index contributed by atoms with van der Waals surface area (Å²) in [6, 6.07) is 23.4. The van der Waals surface area contributed by atoms with Crippen LogP contribution in [0.2, 0.25) is 0 Å². The highest BCUT2D eigenvalue weighted by atomic mass is 14.0. The first-order chi connectivity index (χ1) is 10.2. The molecule has 0 fully saturated rings. The zero-order chi connectivity index (χ0) is 15.1. The van der Waals surface area contributed by atoms with Crippen LogP contribution in [0.5, 0.6) is 0 Å². The third-order valence-electron chi connectivity index (χ3n) is 3.77. The van der Waals surface area contributed by atoms with Crippen LogP contribution in [-0.2, 0) is 6.42 Å². The van der Waals surface area contributed by atoms with E-state index in [1.807, 2.05) is 0 Å². The van der Waals surface area contributed by atoms with Crippen LogP contribution in [0, 0.1) is 13.8 Å². The van der Waals surface area contributed by atoms with Crippen molar-refractivity contribution in [2.24, 2.45) is 0 Å². The minimum Gasteiger partial charge on any atom is -0.0651 e. The van der Waals surface area contributed by atoms with Gasteiger partial charge in [-0.3, -0.25) is 0 Å². The summed E-state index contributed by atoms with van der Waals surface area (Å²) in [5.74, 6) is 0. The molecule has 21 heavy (non-hydrogen) atoms. The lowest BCUT2D eigenvalue weighted by Crippen LogP contribution is -1.86. The Bertz CT molecular complexity index is 630. The molecule has 0 amide bonds. The maximum Gasteiger partial charge on any atom is -0.0184 e. The minimum atomic E-state index is 1.21. The molecule has 0 heterocycles. The molecule has 0 N–H and O–H groups in total. The van der Waals surface area contributed by atoms with E-state index in [0.29, 0.717) is 0 Å². The average molecular weight is 276 g/mol. The molecule has 0 unspecified atom stereocenters. The summed E-state index contributed by atoms with van der Waals surface area (Å²) in [7, 11) is 0. The van der Waals surface area contributed by atoms with Gasteiger partial charge < -0.3 is 0 Å². The fourth-order valence-corrected chi connectivity index (χ4v) is 2.38. The van der Waals surface area contributed by atoms with Gasteiger partial charge in [0.15, 0.2) is 0 Å². The van der Waals surface area contributed by atoms with Crippen LogP contribution in [-0.4, -0.2) is 0 Å². The second kappa shape index (κ2) is 7.64. The van der Waals surface area contributed by atoms with Crippen LogP contribution in [0.3, 0.4) is 0 Å². The average Bonchev–Trinajstić information content (AvgIpc) is 2.52. The van der Waals surface area contributed by atoms with Crippen molar-refractivity contribution >= 4 is 10.8 Å². The topological polar surface area (TPSA) is 0 Å². The summed E-state index contributed by atoms with van der Waals surface area (Å²) in [5, 5.41) is 2.62. The van der Waals surface area contributed by atoms with Crippen LogP contribution in [0.25, 0.3) is 10.8 Å². The molecule has 0 radical (unpaired) electrons. The van der Waals surface area contributed by atoms with E-state index in [9.17, 15) is 0 Å². The van der Waals surface area contributed by atoms with Gasteiger partial charge in [-0.2, -0.15) is 0 Å². The summed E-state index contributed by atoms with van der Waals surface area (Å²) in [6.45, 7) is 6.55. The zero-order valence-corrected chi connectivity index (χ0v) is 13.3. The lowest BCUT2D eigenvalue weighted by molar-refractivity contribution is 0.919. The van der Waals surface area contributed by atoms with Gasteiger partial charge in [-0.05, 0) is 47.7 Å². The molecular weight excluding hydrogens is 252 g/mol. The van der Waals surface area contributed by atoms with E-state index in [0.717, 1.165) is 0 Å². The molecule has 108 valence electrons. The van der Waals surface area contributed by atoms with E-state index in [1.165, 1.54) is 40.3 Å². The Kier molecular flexibility index (Phi) is 5.57. The molecule has 3 aromatic carbocycles. The Morgan fingerprint density at radius 1 is 0.667 bits per heavy atom. The normalized spacial score (nSPS) is 10.0. The van der Waals surface area contributed by atoms with Gasteiger partial charge in [0.2, 0.25) is 0 Å². The Morgan fingerprint density at radius 3 is 1.62 bits per heavy atom. The smallest absolute Gasteiger partial charge is 0.0184 e. The molecule has 0 nitrogen and oxygen atoms in total. The van der Waals surface area contributed by atoms with Gasteiger partial charge in [0.1, 0.15) is 0 Å². The monoisotopic (exact) mass is 276 g/mol. The SMILES string of the molecule is CCCc1ccc(C)c(C)c1.c1ccc2ccccc2c1. The van der Waals surface area contributed by atoms with Gasteiger partial charge in [0.05, 0.1) is 0 Å². The van der Waals surface area contributed by atoms with Gasteiger partial charge >= 0.3 is 0 Å². The van der Waals surface area contributed by atoms with Crippen LogP contribution in [0.15, 0.2) is 66.7 Å². The number of hydrogen-bond acceptors (Lipinski definition) is 0. The van der Waals surface area contributed by atoms with Crippen molar-refractivity contribution in [3.63, 3.8) is 0 Å². The van der Waals surface area contributed by atoms with E-state index in [-0.39, 0.29) is 0 Å². The van der Waals surface area contributed by atoms with Crippen molar-refractivity contribution in [2.45, 2.75) is 33.6 Å². The summed E-state index contributed by atoms with van der Waals surface area (Å²) in [6.07, 6.45) is 2.45. The Labute approximate surface area is 128 Å². The lowest BCUT2D eigenvalue weighted by Gasteiger charge is -2.02. The van der Waals surface area contributed by atoms with E-state index < -0.39 is 0 Å². The molecule has 3 aromatic rings. The van der Waals surface area contributed by atoms with Crippen molar-refractivity contribution in [3.8, 4) is 0 Å². The number of rotatable bonds is 2. The summed E-state index contributed by atoms with van der Waals surface area (Å²) in [5.41, 5.74) is 4.27. The summed E-state index contributed by atoms with van der Waals surface area (Å²) in [4.78, 5) is 0. The standard InChI is InChI=1S/C11H16.C10H8/c1-4-5-11-7-6-9(2)10(3)8-11;1-2-6-10-8-4-3-7-9(10)5-1/h6-8H,4-5H2,1-3H3;1-8H. The molecular formula is C21H24. The van der Waals surface area contributed by atoms with Crippen molar-refractivity contribution in [1.29, 1.82) is 0 Å². The van der Waals surface area contributed by atoms with Gasteiger partial charge in [-0.25, -0.2) is 0 Å². The Morgan fingerprint density at radius 2 is 1.19 bits per heavy atom. The molecule has 0 aliphatic heterocycles. The quantitative estimate of drug-likeness (QED) is 0.531.